The molecular formula is C21H20N6O3. The van der Waals surface area contributed by atoms with Crippen LogP contribution in [0.4, 0.5) is 11.5 Å². The van der Waals surface area contributed by atoms with Crippen LogP contribution in [0, 0.1) is 0 Å². The predicted molar refractivity (Wildman–Crippen MR) is 111 cm³/mol. The fourth-order valence-electron chi connectivity index (χ4n) is 2.97. The number of benzene rings is 2. The summed E-state index contributed by atoms with van der Waals surface area (Å²) < 4.78 is 12.0. The van der Waals surface area contributed by atoms with Gasteiger partial charge in [0.25, 0.3) is 0 Å². The molecule has 0 spiro atoms. The van der Waals surface area contributed by atoms with E-state index < -0.39 is 0 Å². The number of nitrogens with one attached hydrogen (secondary N) is 1. The fraction of sp³-hybridized carbons (Fsp3) is 0.190. The second-order valence-corrected chi connectivity index (χ2v) is 6.42. The number of aromatic nitrogens is 5. The molecule has 4 rings (SSSR count). The highest BCUT2D eigenvalue weighted by atomic mass is 16.5. The predicted octanol–water partition coefficient (Wildman–Crippen LogP) is 3.20. The van der Waals surface area contributed by atoms with Crippen LogP contribution in [0.1, 0.15) is 22.8 Å². The number of anilines is 2. The molecule has 0 amide bonds. The molecule has 30 heavy (non-hydrogen) atoms. The Labute approximate surface area is 172 Å². The van der Waals surface area contributed by atoms with E-state index in [0.29, 0.717) is 41.4 Å². The van der Waals surface area contributed by atoms with Crippen molar-refractivity contribution in [2.75, 3.05) is 19.0 Å². The minimum atomic E-state index is -0.376. The Morgan fingerprint density at radius 2 is 1.97 bits per heavy atom. The molecule has 0 aliphatic heterocycles. The van der Waals surface area contributed by atoms with E-state index in [2.05, 4.69) is 25.6 Å². The van der Waals surface area contributed by atoms with Gasteiger partial charge in [-0.3, -0.25) is 0 Å². The first kappa shape index (κ1) is 19.3. The van der Waals surface area contributed by atoms with Gasteiger partial charge in [-0.25, -0.2) is 19.4 Å². The van der Waals surface area contributed by atoms with E-state index in [4.69, 9.17) is 9.47 Å². The molecule has 152 valence electrons. The molecule has 1 N–H and O–H groups in total. The van der Waals surface area contributed by atoms with Crippen LogP contribution < -0.4 is 10.1 Å². The summed E-state index contributed by atoms with van der Waals surface area (Å²) in [6.45, 7) is 2.60. The second kappa shape index (κ2) is 8.56. The molecule has 0 atom stereocenters. The standard InChI is InChI=1S/C21H20N6O3/c1-3-30-21(28)15-5-4-6-16(11-15)24-19-18-20(23-13-22-19)27(26-25-18)12-14-7-9-17(29-2)10-8-14/h4-11,13H,3,12H2,1-2H3,(H,22,23,24). The van der Waals surface area contributed by atoms with Crippen molar-refractivity contribution >= 4 is 28.6 Å². The van der Waals surface area contributed by atoms with Gasteiger partial charge >= 0.3 is 5.97 Å². The quantitative estimate of drug-likeness (QED) is 0.468. The summed E-state index contributed by atoms with van der Waals surface area (Å²) in [6.07, 6.45) is 1.45. The van der Waals surface area contributed by atoms with Crippen LogP contribution in [-0.4, -0.2) is 44.6 Å². The molecule has 0 aliphatic carbocycles. The first-order valence-electron chi connectivity index (χ1n) is 9.39. The zero-order valence-electron chi connectivity index (χ0n) is 16.6. The van der Waals surface area contributed by atoms with E-state index in [-0.39, 0.29) is 5.97 Å². The highest BCUT2D eigenvalue weighted by molar-refractivity contribution is 5.91. The van der Waals surface area contributed by atoms with E-state index >= 15 is 0 Å². The Bertz CT molecular complexity index is 1170. The third-order valence-electron chi connectivity index (χ3n) is 4.43. The summed E-state index contributed by atoms with van der Waals surface area (Å²) in [5.41, 5.74) is 3.32. The summed E-state index contributed by atoms with van der Waals surface area (Å²) in [6, 6.07) is 14.7. The van der Waals surface area contributed by atoms with Gasteiger partial charge in [0.2, 0.25) is 0 Å². The van der Waals surface area contributed by atoms with Crippen molar-refractivity contribution in [1.29, 1.82) is 0 Å². The van der Waals surface area contributed by atoms with Gasteiger partial charge in [-0.2, -0.15) is 0 Å². The molecule has 0 unspecified atom stereocenters. The van der Waals surface area contributed by atoms with Crippen LogP contribution in [0.5, 0.6) is 5.75 Å². The lowest BCUT2D eigenvalue weighted by Crippen LogP contribution is -2.05. The second-order valence-electron chi connectivity index (χ2n) is 6.42. The number of carbonyl (C=O) groups is 1. The van der Waals surface area contributed by atoms with Gasteiger partial charge in [-0.05, 0) is 42.8 Å². The molecule has 0 saturated carbocycles. The normalized spacial score (nSPS) is 10.7. The molecule has 2 aromatic heterocycles. The number of hydrogen-bond acceptors (Lipinski definition) is 8. The zero-order chi connectivity index (χ0) is 20.9. The van der Waals surface area contributed by atoms with Crippen LogP contribution in [0.2, 0.25) is 0 Å². The van der Waals surface area contributed by atoms with Crippen LogP contribution in [0.3, 0.4) is 0 Å². The number of hydrogen-bond donors (Lipinski definition) is 1. The monoisotopic (exact) mass is 404 g/mol. The molecule has 9 nitrogen and oxygen atoms in total. The maximum atomic E-state index is 12.0. The largest absolute Gasteiger partial charge is 0.497 e. The summed E-state index contributed by atoms with van der Waals surface area (Å²) >= 11 is 0. The van der Waals surface area contributed by atoms with Crippen molar-refractivity contribution in [2.24, 2.45) is 0 Å². The number of carbonyl (C=O) groups excluding carboxylic acids is 1. The molecule has 4 aromatic rings. The Kier molecular flexibility index (Phi) is 5.51. The molecule has 0 fully saturated rings. The first-order valence-corrected chi connectivity index (χ1v) is 9.39. The Balaban J connectivity index is 1.59. The maximum Gasteiger partial charge on any atom is 0.338 e. The zero-order valence-corrected chi connectivity index (χ0v) is 16.6. The van der Waals surface area contributed by atoms with Gasteiger partial charge in [-0.1, -0.05) is 23.4 Å². The summed E-state index contributed by atoms with van der Waals surface area (Å²) in [5.74, 6) is 0.919. The Hall–Kier alpha value is -4.01. The molecule has 0 saturated heterocycles. The number of methoxy groups -OCH3 is 1. The lowest BCUT2D eigenvalue weighted by atomic mass is 10.2. The summed E-state index contributed by atoms with van der Waals surface area (Å²) in [7, 11) is 1.63. The highest BCUT2D eigenvalue weighted by Gasteiger charge is 2.13. The lowest BCUT2D eigenvalue weighted by Gasteiger charge is -2.08. The van der Waals surface area contributed by atoms with E-state index in [0.717, 1.165) is 11.3 Å². The van der Waals surface area contributed by atoms with Crippen LogP contribution in [0.25, 0.3) is 11.2 Å². The maximum absolute atomic E-state index is 12.0. The minimum Gasteiger partial charge on any atom is -0.497 e. The third-order valence-corrected chi connectivity index (χ3v) is 4.43. The molecule has 2 aromatic carbocycles. The molecule has 0 bridgehead atoms. The average Bonchev–Trinajstić information content (AvgIpc) is 3.18. The third kappa shape index (κ3) is 4.04. The molecule has 2 heterocycles. The van der Waals surface area contributed by atoms with Gasteiger partial charge in [0.15, 0.2) is 17.0 Å². The topological polar surface area (TPSA) is 104 Å². The van der Waals surface area contributed by atoms with Gasteiger partial charge in [0, 0.05) is 5.69 Å². The molecule has 9 heteroatoms. The Morgan fingerprint density at radius 1 is 1.13 bits per heavy atom. The number of fused-ring (bicyclic) bond motifs is 1. The van der Waals surface area contributed by atoms with Crippen molar-refractivity contribution in [3.8, 4) is 5.75 Å². The molecule has 0 radical (unpaired) electrons. The van der Waals surface area contributed by atoms with E-state index in [1.54, 1.807) is 36.9 Å². The Morgan fingerprint density at radius 3 is 2.73 bits per heavy atom. The van der Waals surface area contributed by atoms with E-state index in [1.165, 1.54) is 6.33 Å². The SMILES string of the molecule is CCOC(=O)c1cccc(Nc2ncnc3c2nnn3Cc2ccc(OC)cc2)c1. The first-order chi connectivity index (χ1) is 14.7. The smallest absolute Gasteiger partial charge is 0.338 e. The van der Waals surface area contributed by atoms with Crippen LogP contribution in [-0.2, 0) is 11.3 Å². The van der Waals surface area contributed by atoms with Crippen LogP contribution in [0.15, 0.2) is 54.9 Å². The highest BCUT2D eigenvalue weighted by Crippen LogP contribution is 2.22. The van der Waals surface area contributed by atoms with Crippen molar-refractivity contribution < 1.29 is 14.3 Å². The molecular weight excluding hydrogens is 384 g/mol. The summed E-state index contributed by atoms with van der Waals surface area (Å²) in [5, 5.41) is 11.7. The minimum absolute atomic E-state index is 0.320. The van der Waals surface area contributed by atoms with Crippen molar-refractivity contribution in [2.45, 2.75) is 13.5 Å². The van der Waals surface area contributed by atoms with E-state index in [1.807, 2.05) is 30.3 Å². The van der Waals surface area contributed by atoms with Gasteiger partial charge < -0.3 is 14.8 Å². The lowest BCUT2D eigenvalue weighted by molar-refractivity contribution is 0.0526. The van der Waals surface area contributed by atoms with Gasteiger partial charge in [0.05, 0.1) is 25.8 Å². The number of rotatable bonds is 7. The van der Waals surface area contributed by atoms with Crippen molar-refractivity contribution in [1.82, 2.24) is 25.0 Å². The van der Waals surface area contributed by atoms with Gasteiger partial charge in [-0.15, -0.1) is 5.10 Å². The van der Waals surface area contributed by atoms with Crippen molar-refractivity contribution in [3.63, 3.8) is 0 Å². The number of ether oxygens (including phenoxy) is 2. The average molecular weight is 404 g/mol. The number of nitrogens with zero attached hydrogens (tertiary/aromatic N) is 5. The van der Waals surface area contributed by atoms with Crippen LogP contribution >= 0.6 is 0 Å². The van der Waals surface area contributed by atoms with Gasteiger partial charge in [0.1, 0.15) is 12.1 Å². The fourth-order valence-corrected chi connectivity index (χ4v) is 2.97. The van der Waals surface area contributed by atoms with E-state index in [9.17, 15) is 4.79 Å². The summed E-state index contributed by atoms with van der Waals surface area (Å²) in [4.78, 5) is 20.6. The number of esters is 1. The van der Waals surface area contributed by atoms with Crippen molar-refractivity contribution in [3.05, 3.63) is 66.0 Å². The molecule has 0 aliphatic rings.